The molecule has 0 aromatic carbocycles. The summed E-state index contributed by atoms with van der Waals surface area (Å²) in [6.45, 7) is 5.12. The van der Waals surface area contributed by atoms with Crippen molar-refractivity contribution < 1.29 is 9.32 Å². The predicted molar refractivity (Wildman–Crippen MR) is 97.8 cm³/mol. The van der Waals surface area contributed by atoms with Gasteiger partial charge in [0.05, 0.1) is 6.04 Å². The van der Waals surface area contributed by atoms with Crippen molar-refractivity contribution in [2.75, 3.05) is 19.6 Å². The Kier molecular flexibility index (Phi) is 4.90. The maximum absolute atomic E-state index is 12.5. The van der Waals surface area contributed by atoms with Gasteiger partial charge in [-0.1, -0.05) is 18.1 Å². The van der Waals surface area contributed by atoms with Crippen LogP contribution in [0.25, 0.3) is 0 Å². The third-order valence-electron chi connectivity index (χ3n) is 5.33. The molecule has 2 aliphatic rings. The number of thiophene rings is 1. The van der Waals surface area contributed by atoms with Gasteiger partial charge in [0.25, 0.3) is 5.91 Å². The Hall–Kier alpha value is -1.66. The molecule has 3 heterocycles. The van der Waals surface area contributed by atoms with Crippen LogP contribution in [0.2, 0.25) is 0 Å². The van der Waals surface area contributed by atoms with E-state index in [-0.39, 0.29) is 11.9 Å². The Balaban J connectivity index is 1.40. The van der Waals surface area contributed by atoms with Crippen LogP contribution in [0.4, 0.5) is 0 Å². The van der Waals surface area contributed by atoms with Crippen LogP contribution < -0.4 is 5.32 Å². The van der Waals surface area contributed by atoms with E-state index in [0.717, 1.165) is 37.6 Å². The molecule has 1 N–H and O–H groups in total. The van der Waals surface area contributed by atoms with Gasteiger partial charge in [0.2, 0.25) is 0 Å². The second kappa shape index (κ2) is 7.30. The summed E-state index contributed by atoms with van der Waals surface area (Å²) in [5.74, 6) is 1.99. The highest BCUT2D eigenvalue weighted by Gasteiger charge is 2.30. The number of carbonyl (C=O) groups excluding carboxylic acids is 1. The molecule has 5 nitrogen and oxygen atoms in total. The van der Waals surface area contributed by atoms with Crippen LogP contribution in [0.15, 0.2) is 28.1 Å². The van der Waals surface area contributed by atoms with Crippen molar-refractivity contribution in [1.29, 1.82) is 0 Å². The number of nitrogens with zero attached hydrogens (tertiary/aromatic N) is 2. The molecule has 0 radical (unpaired) electrons. The Morgan fingerprint density at radius 1 is 1.40 bits per heavy atom. The molecular formula is C19H25N3O2S. The van der Waals surface area contributed by atoms with E-state index in [1.165, 1.54) is 17.7 Å². The first-order valence-electron chi connectivity index (χ1n) is 9.23. The summed E-state index contributed by atoms with van der Waals surface area (Å²) in [6, 6.07) is 6.29. The SMILES string of the molecule is CC1CCN(C(CNC(=O)c2cc(C3CC3)on2)c2cccs2)CC1. The first-order chi connectivity index (χ1) is 12.2. The van der Waals surface area contributed by atoms with Gasteiger partial charge in [0.1, 0.15) is 5.76 Å². The quantitative estimate of drug-likeness (QED) is 0.852. The highest BCUT2D eigenvalue weighted by atomic mass is 32.1. The van der Waals surface area contributed by atoms with Crippen molar-refractivity contribution in [2.24, 2.45) is 5.92 Å². The van der Waals surface area contributed by atoms with Crippen molar-refractivity contribution in [1.82, 2.24) is 15.4 Å². The molecule has 134 valence electrons. The Morgan fingerprint density at radius 3 is 2.88 bits per heavy atom. The molecule has 2 fully saturated rings. The molecule has 4 rings (SSSR count). The summed E-state index contributed by atoms with van der Waals surface area (Å²) in [5, 5.41) is 9.12. The van der Waals surface area contributed by atoms with Crippen LogP contribution in [0, 0.1) is 5.92 Å². The van der Waals surface area contributed by atoms with Gasteiger partial charge in [-0.3, -0.25) is 9.69 Å². The first kappa shape index (κ1) is 16.8. The average Bonchev–Trinajstić information content (AvgIpc) is 3.12. The summed E-state index contributed by atoms with van der Waals surface area (Å²) < 4.78 is 5.30. The molecule has 1 aliphatic carbocycles. The van der Waals surface area contributed by atoms with Gasteiger partial charge in [-0.15, -0.1) is 11.3 Å². The van der Waals surface area contributed by atoms with E-state index in [4.69, 9.17) is 4.52 Å². The summed E-state index contributed by atoms with van der Waals surface area (Å²) >= 11 is 1.76. The van der Waals surface area contributed by atoms with Gasteiger partial charge in [0, 0.05) is 23.4 Å². The average molecular weight is 359 g/mol. The van der Waals surface area contributed by atoms with E-state index in [1.54, 1.807) is 17.4 Å². The normalized spacial score (nSPS) is 20.5. The fourth-order valence-electron chi connectivity index (χ4n) is 3.47. The first-order valence-corrected chi connectivity index (χ1v) is 10.1. The van der Waals surface area contributed by atoms with E-state index in [1.807, 2.05) is 0 Å². The van der Waals surface area contributed by atoms with Gasteiger partial charge in [0.15, 0.2) is 5.69 Å². The van der Waals surface area contributed by atoms with Gasteiger partial charge < -0.3 is 9.84 Å². The second-order valence-electron chi connectivity index (χ2n) is 7.35. The Morgan fingerprint density at radius 2 is 2.20 bits per heavy atom. The topological polar surface area (TPSA) is 58.4 Å². The Bertz CT molecular complexity index is 700. The lowest BCUT2D eigenvalue weighted by atomic mass is 9.97. The van der Waals surface area contributed by atoms with Crippen LogP contribution >= 0.6 is 11.3 Å². The van der Waals surface area contributed by atoms with Crippen LogP contribution in [-0.2, 0) is 0 Å². The molecule has 0 spiro atoms. The van der Waals surface area contributed by atoms with Gasteiger partial charge in [-0.05, 0) is 56.1 Å². The Labute approximate surface area is 152 Å². The molecule has 2 aromatic heterocycles. The van der Waals surface area contributed by atoms with Crippen molar-refractivity contribution >= 4 is 17.2 Å². The van der Waals surface area contributed by atoms with Gasteiger partial charge >= 0.3 is 0 Å². The van der Waals surface area contributed by atoms with Crippen molar-refractivity contribution in [3.05, 3.63) is 39.9 Å². The predicted octanol–water partition coefficient (Wildman–Crippen LogP) is 3.82. The van der Waals surface area contributed by atoms with Crippen LogP contribution in [0.1, 0.15) is 65.7 Å². The monoisotopic (exact) mass is 359 g/mol. The van der Waals surface area contributed by atoms with Gasteiger partial charge in [-0.25, -0.2) is 0 Å². The molecule has 1 saturated carbocycles. The molecular weight excluding hydrogens is 334 g/mol. The minimum atomic E-state index is -0.136. The van der Waals surface area contributed by atoms with E-state index >= 15 is 0 Å². The lowest BCUT2D eigenvalue weighted by Crippen LogP contribution is -2.41. The largest absolute Gasteiger partial charge is 0.360 e. The third kappa shape index (κ3) is 3.96. The number of likely N-dealkylation sites (tertiary alicyclic amines) is 1. The zero-order valence-corrected chi connectivity index (χ0v) is 15.4. The maximum Gasteiger partial charge on any atom is 0.273 e. The molecule has 1 aliphatic heterocycles. The summed E-state index contributed by atoms with van der Waals surface area (Å²) in [5.41, 5.74) is 0.402. The summed E-state index contributed by atoms with van der Waals surface area (Å²) in [7, 11) is 0. The minimum absolute atomic E-state index is 0.136. The molecule has 1 atom stereocenters. The molecule has 0 bridgehead atoms. The fourth-order valence-corrected chi connectivity index (χ4v) is 4.33. The number of rotatable bonds is 6. The summed E-state index contributed by atoms with van der Waals surface area (Å²) in [6.07, 6.45) is 4.74. The van der Waals surface area contributed by atoms with Crippen LogP contribution in [-0.4, -0.2) is 35.6 Å². The maximum atomic E-state index is 12.5. The number of nitrogens with one attached hydrogen (secondary N) is 1. The second-order valence-corrected chi connectivity index (χ2v) is 8.33. The lowest BCUT2D eigenvalue weighted by Gasteiger charge is -2.36. The molecule has 2 aromatic rings. The van der Waals surface area contributed by atoms with Gasteiger partial charge in [-0.2, -0.15) is 0 Å². The highest BCUT2D eigenvalue weighted by molar-refractivity contribution is 7.10. The third-order valence-corrected chi connectivity index (χ3v) is 6.30. The number of piperidine rings is 1. The highest BCUT2D eigenvalue weighted by Crippen LogP contribution is 2.40. The van der Waals surface area contributed by atoms with E-state index in [0.29, 0.717) is 18.2 Å². The number of carbonyl (C=O) groups is 1. The zero-order valence-electron chi connectivity index (χ0n) is 14.6. The van der Waals surface area contributed by atoms with Crippen molar-refractivity contribution in [3.63, 3.8) is 0 Å². The molecule has 1 saturated heterocycles. The molecule has 25 heavy (non-hydrogen) atoms. The minimum Gasteiger partial charge on any atom is -0.360 e. The standard InChI is InChI=1S/C19H25N3O2S/c1-13-6-8-22(9-7-13)16(18-3-2-10-25-18)12-20-19(23)15-11-17(24-21-15)14-4-5-14/h2-3,10-11,13-14,16H,4-9,12H2,1H3,(H,20,23). The number of aromatic nitrogens is 1. The van der Waals surface area contributed by atoms with E-state index in [2.05, 4.69) is 39.8 Å². The lowest BCUT2D eigenvalue weighted by molar-refractivity contribution is 0.0906. The van der Waals surface area contributed by atoms with Crippen LogP contribution in [0.5, 0.6) is 0 Å². The fraction of sp³-hybridized carbons (Fsp3) is 0.579. The van der Waals surface area contributed by atoms with Crippen molar-refractivity contribution in [2.45, 2.75) is 44.6 Å². The number of amides is 1. The van der Waals surface area contributed by atoms with Crippen LogP contribution in [0.3, 0.4) is 0 Å². The van der Waals surface area contributed by atoms with E-state index in [9.17, 15) is 4.79 Å². The molecule has 1 amide bonds. The molecule has 1 unspecified atom stereocenters. The number of hydrogen-bond donors (Lipinski definition) is 1. The summed E-state index contributed by atoms with van der Waals surface area (Å²) in [4.78, 5) is 16.3. The molecule has 6 heteroatoms. The number of hydrogen-bond acceptors (Lipinski definition) is 5. The van der Waals surface area contributed by atoms with E-state index < -0.39 is 0 Å². The smallest absolute Gasteiger partial charge is 0.273 e. The zero-order chi connectivity index (χ0) is 17.2. The van der Waals surface area contributed by atoms with Crippen molar-refractivity contribution in [3.8, 4) is 0 Å².